The molecule has 8 heteroatoms. The van der Waals surface area contributed by atoms with Crippen LogP contribution in [0.2, 0.25) is 0 Å². The third kappa shape index (κ3) is 2.92. The van der Waals surface area contributed by atoms with Crippen LogP contribution in [0, 0.1) is 0 Å². The fourth-order valence-electron chi connectivity index (χ4n) is 3.06. The van der Waals surface area contributed by atoms with Gasteiger partial charge in [0.15, 0.2) is 6.10 Å². The average molecular weight is 345 g/mol. The van der Waals surface area contributed by atoms with Crippen LogP contribution in [0.3, 0.4) is 0 Å². The maximum Gasteiger partial charge on any atom is 0.334 e. The predicted octanol–water partition coefficient (Wildman–Crippen LogP) is 1.33. The fourth-order valence-corrected chi connectivity index (χ4v) is 5.78. The van der Waals surface area contributed by atoms with Crippen molar-refractivity contribution in [3.05, 3.63) is 22.4 Å². The molecule has 1 N–H and O–H groups in total. The minimum Gasteiger partial charge on any atom is -0.479 e. The van der Waals surface area contributed by atoms with Gasteiger partial charge in [0.2, 0.25) is 10.0 Å². The summed E-state index contributed by atoms with van der Waals surface area (Å²) in [6.07, 6.45) is 1.85. The molecular formula is C14H19NO5S2. The Morgan fingerprint density at radius 1 is 1.50 bits per heavy atom. The summed E-state index contributed by atoms with van der Waals surface area (Å²) in [6.45, 7) is 0.101. The summed E-state index contributed by atoms with van der Waals surface area (Å²) in [7, 11) is -3.50. The summed E-state index contributed by atoms with van der Waals surface area (Å²) in [5.74, 6) is -1.09. The lowest BCUT2D eigenvalue weighted by Crippen LogP contribution is -2.65. The molecule has 1 aliphatic heterocycles. The zero-order chi connectivity index (χ0) is 15.8. The van der Waals surface area contributed by atoms with E-state index in [0.29, 0.717) is 6.42 Å². The first-order valence-electron chi connectivity index (χ1n) is 7.30. The SMILES string of the molecule is O=C(O)C1CN(S(=O)(=O)CCc2cccs2)C2(CCC2)CO1. The average Bonchev–Trinajstić information content (AvgIpc) is 2.96. The zero-order valence-electron chi connectivity index (χ0n) is 12.1. The zero-order valence-corrected chi connectivity index (χ0v) is 13.7. The molecule has 1 saturated carbocycles. The fraction of sp³-hybridized carbons (Fsp3) is 0.643. The number of sulfonamides is 1. The van der Waals surface area contributed by atoms with Crippen LogP contribution < -0.4 is 0 Å². The molecule has 2 aliphatic rings. The van der Waals surface area contributed by atoms with Gasteiger partial charge in [-0.2, -0.15) is 4.31 Å². The van der Waals surface area contributed by atoms with E-state index in [-0.39, 0.29) is 18.9 Å². The molecule has 6 nitrogen and oxygen atoms in total. The Kier molecular flexibility index (Phi) is 4.28. The van der Waals surface area contributed by atoms with Gasteiger partial charge in [0.25, 0.3) is 0 Å². The molecule has 1 spiro atoms. The van der Waals surface area contributed by atoms with Gasteiger partial charge in [-0.3, -0.25) is 0 Å². The quantitative estimate of drug-likeness (QED) is 0.870. The van der Waals surface area contributed by atoms with Crippen molar-refractivity contribution in [2.45, 2.75) is 37.3 Å². The van der Waals surface area contributed by atoms with E-state index >= 15 is 0 Å². The largest absolute Gasteiger partial charge is 0.479 e. The first-order valence-corrected chi connectivity index (χ1v) is 9.79. The molecule has 0 radical (unpaired) electrons. The van der Waals surface area contributed by atoms with Crippen molar-refractivity contribution in [2.75, 3.05) is 18.9 Å². The second-order valence-electron chi connectivity index (χ2n) is 5.89. The molecule has 2 heterocycles. The predicted molar refractivity (Wildman–Crippen MR) is 82.5 cm³/mol. The van der Waals surface area contributed by atoms with Crippen molar-refractivity contribution in [3.63, 3.8) is 0 Å². The molecular weight excluding hydrogens is 326 g/mol. The number of nitrogens with zero attached hydrogens (tertiary/aromatic N) is 1. The summed E-state index contributed by atoms with van der Waals surface area (Å²) >= 11 is 1.53. The van der Waals surface area contributed by atoms with Crippen LogP contribution in [0.1, 0.15) is 24.1 Å². The van der Waals surface area contributed by atoms with E-state index in [9.17, 15) is 13.2 Å². The van der Waals surface area contributed by atoms with E-state index in [0.717, 1.165) is 24.1 Å². The third-order valence-corrected chi connectivity index (χ3v) is 7.36. The number of aryl methyl sites for hydroxylation is 1. The highest BCUT2D eigenvalue weighted by molar-refractivity contribution is 7.89. The summed E-state index contributed by atoms with van der Waals surface area (Å²) in [5, 5.41) is 11.0. The van der Waals surface area contributed by atoms with Crippen molar-refractivity contribution in [3.8, 4) is 0 Å². The number of aliphatic carboxylic acids is 1. The number of hydrogen-bond acceptors (Lipinski definition) is 5. The maximum atomic E-state index is 12.7. The molecule has 1 aliphatic carbocycles. The molecule has 1 aromatic rings. The Hall–Kier alpha value is -0.960. The van der Waals surface area contributed by atoms with E-state index in [1.165, 1.54) is 15.6 Å². The molecule has 22 heavy (non-hydrogen) atoms. The van der Waals surface area contributed by atoms with Crippen LogP contribution in [-0.4, -0.2) is 54.3 Å². The van der Waals surface area contributed by atoms with Gasteiger partial charge in [-0.1, -0.05) is 6.07 Å². The Balaban J connectivity index is 1.76. The molecule has 2 fully saturated rings. The number of morpholine rings is 1. The molecule has 1 aromatic heterocycles. The van der Waals surface area contributed by atoms with Crippen molar-refractivity contribution in [1.82, 2.24) is 4.31 Å². The standard InChI is InChI=1S/C14H19NO5S2/c16-13(17)12-9-15(14(10-20-12)5-2-6-14)22(18,19)8-4-11-3-1-7-21-11/h1,3,7,12H,2,4-6,8-10H2,(H,16,17). The Bertz CT molecular complexity index is 636. The number of carboxylic acids is 1. The Morgan fingerprint density at radius 2 is 2.27 bits per heavy atom. The van der Waals surface area contributed by atoms with Crippen LogP contribution in [-0.2, 0) is 26.0 Å². The van der Waals surface area contributed by atoms with Gasteiger partial charge in [-0.25, -0.2) is 13.2 Å². The highest BCUT2D eigenvalue weighted by Crippen LogP contribution is 2.42. The van der Waals surface area contributed by atoms with Crippen LogP contribution in [0.25, 0.3) is 0 Å². The Morgan fingerprint density at radius 3 is 2.82 bits per heavy atom. The summed E-state index contributed by atoms with van der Waals surface area (Å²) in [5.41, 5.74) is -0.514. The van der Waals surface area contributed by atoms with E-state index in [1.54, 1.807) is 0 Å². The van der Waals surface area contributed by atoms with E-state index in [4.69, 9.17) is 9.84 Å². The highest BCUT2D eigenvalue weighted by Gasteiger charge is 2.52. The molecule has 0 aromatic carbocycles. The van der Waals surface area contributed by atoms with Gasteiger partial charge in [-0.05, 0) is 37.1 Å². The lowest BCUT2D eigenvalue weighted by atomic mass is 9.76. The lowest BCUT2D eigenvalue weighted by molar-refractivity contribution is -0.166. The Labute approximate surface area is 133 Å². The second kappa shape index (κ2) is 5.92. The van der Waals surface area contributed by atoms with Crippen molar-refractivity contribution >= 4 is 27.3 Å². The third-order valence-electron chi connectivity index (χ3n) is 4.50. The van der Waals surface area contributed by atoms with Crippen molar-refractivity contribution in [1.29, 1.82) is 0 Å². The molecule has 3 rings (SSSR count). The molecule has 0 bridgehead atoms. The van der Waals surface area contributed by atoms with Gasteiger partial charge in [0.1, 0.15) is 0 Å². The van der Waals surface area contributed by atoms with Crippen molar-refractivity contribution < 1.29 is 23.1 Å². The normalized spacial score (nSPS) is 25.0. The van der Waals surface area contributed by atoms with E-state index < -0.39 is 27.6 Å². The molecule has 1 atom stereocenters. The maximum absolute atomic E-state index is 12.7. The molecule has 0 amide bonds. The smallest absolute Gasteiger partial charge is 0.334 e. The van der Waals surface area contributed by atoms with Gasteiger partial charge in [0, 0.05) is 4.88 Å². The summed E-state index contributed by atoms with van der Waals surface area (Å²) in [4.78, 5) is 12.2. The number of rotatable bonds is 5. The first-order chi connectivity index (χ1) is 10.4. The minimum atomic E-state index is -3.50. The van der Waals surface area contributed by atoms with Gasteiger partial charge in [0.05, 0.1) is 24.4 Å². The minimum absolute atomic E-state index is 0.0155. The number of carboxylic acid groups (broad SMARTS) is 1. The molecule has 122 valence electrons. The van der Waals surface area contributed by atoms with Gasteiger partial charge >= 0.3 is 5.97 Å². The van der Waals surface area contributed by atoms with Gasteiger partial charge < -0.3 is 9.84 Å². The van der Waals surface area contributed by atoms with Crippen LogP contribution in [0.4, 0.5) is 0 Å². The molecule has 1 unspecified atom stereocenters. The lowest BCUT2D eigenvalue weighted by Gasteiger charge is -2.52. The monoisotopic (exact) mass is 345 g/mol. The van der Waals surface area contributed by atoms with Gasteiger partial charge in [-0.15, -0.1) is 11.3 Å². The van der Waals surface area contributed by atoms with E-state index in [2.05, 4.69) is 0 Å². The summed E-state index contributed by atoms with van der Waals surface area (Å²) < 4.78 is 32.3. The summed E-state index contributed by atoms with van der Waals surface area (Å²) in [6, 6.07) is 3.81. The van der Waals surface area contributed by atoms with Crippen LogP contribution in [0.5, 0.6) is 0 Å². The number of thiophene rings is 1. The second-order valence-corrected chi connectivity index (χ2v) is 8.94. The first kappa shape index (κ1) is 15.9. The topological polar surface area (TPSA) is 83.9 Å². The number of hydrogen-bond donors (Lipinski definition) is 1. The van der Waals surface area contributed by atoms with E-state index in [1.807, 2.05) is 17.5 Å². The number of carbonyl (C=O) groups is 1. The number of ether oxygens (including phenoxy) is 1. The highest BCUT2D eigenvalue weighted by atomic mass is 32.2. The molecule has 1 saturated heterocycles. The van der Waals surface area contributed by atoms with Crippen LogP contribution in [0.15, 0.2) is 17.5 Å². The van der Waals surface area contributed by atoms with Crippen molar-refractivity contribution in [2.24, 2.45) is 0 Å². The van der Waals surface area contributed by atoms with Crippen LogP contribution >= 0.6 is 11.3 Å².